The van der Waals surface area contributed by atoms with Gasteiger partial charge in [-0.25, -0.2) is 0 Å². The Morgan fingerprint density at radius 3 is 1.90 bits per heavy atom. The van der Waals surface area contributed by atoms with Crippen LogP contribution in [0.15, 0.2) is 0 Å². The van der Waals surface area contributed by atoms with Gasteiger partial charge in [0.15, 0.2) is 0 Å². The zero-order valence-electron chi connectivity index (χ0n) is 6.12. The van der Waals surface area contributed by atoms with Gasteiger partial charge in [0.05, 0.1) is 6.34 Å². The first-order valence-corrected chi connectivity index (χ1v) is 6.78. The zero-order valence-corrected chi connectivity index (χ0v) is 7.83. The molecule has 2 nitrogen and oxygen atoms in total. The lowest BCUT2D eigenvalue weighted by Gasteiger charge is -2.27. The standard InChI is InChI=1S/C6H15N2PS/c7-9(8,10)6-4-2-1-3-5-6/h6H,1-5H2,(H4,7,8,10). The normalized spacial score (nSPS) is 23.0. The molecule has 0 atom stereocenters. The molecule has 10 heavy (non-hydrogen) atoms. The van der Waals surface area contributed by atoms with E-state index in [0.29, 0.717) is 5.66 Å². The lowest BCUT2D eigenvalue weighted by molar-refractivity contribution is 0.510. The second kappa shape index (κ2) is 3.31. The van der Waals surface area contributed by atoms with Gasteiger partial charge in [-0.15, -0.1) is 0 Å². The van der Waals surface area contributed by atoms with Crippen molar-refractivity contribution in [1.29, 1.82) is 0 Å². The minimum atomic E-state index is -1.91. The van der Waals surface area contributed by atoms with Crippen LogP contribution >= 0.6 is 6.34 Å². The molecule has 1 rings (SSSR count). The summed E-state index contributed by atoms with van der Waals surface area (Å²) in [6.45, 7) is 0. The van der Waals surface area contributed by atoms with E-state index in [0.717, 1.165) is 0 Å². The Hall–Kier alpha value is 0.570. The second-order valence-electron chi connectivity index (χ2n) is 3.06. The van der Waals surface area contributed by atoms with E-state index in [4.69, 9.17) is 22.8 Å². The van der Waals surface area contributed by atoms with Crippen LogP contribution in [0.3, 0.4) is 0 Å². The predicted molar refractivity (Wildman–Crippen MR) is 49.5 cm³/mol. The van der Waals surface area contributed by atoms with Crippen LogP contribution in [0.25, 0.3) is 0 Å². The number of hydrogen-bond donors (Lipinski definition) is 2. The maximum absolute atomic E-state index is 5.71. The lowest BCUT2D eigenvalue weighted by Crippen LogP contribution is -2.22. The molecule has 1 saturated carbocycles. The Morgan fingerprint density at radius 1 is 1.10 bits per heavy atom. The van der Waals surface area contributed by atoms with Gasteiger partial charge in [0.25, 0.3) is 0 Å². The average Bonchev–Trinajstić information content (AvgIpc) is 1.88. The summed E-state index contributed by atoms with van der Waals surface area (Å²) in [5, 5.41) is 0. The van der Waals surface area contributed by atoms with E-state index in [-0.39, 0.29) is 0 Å². The van der Waals surface area contributed by atoms with Crippen LogP contribution in [0.5, 0.6) is 0 Å². The minimum absolute atomic E-state index is 0.483. The highest BCUT2D eigenvalue weighted by Crippen LogP contribution is 2.41. The Morgan fingerprint density at radius 2 is 1.60 bits per heavy atom. The third-order valence-corrected chi connectivity index (χ3v) is 4.70. The van der Waals surface area contributed by atoms with E-state index >= 15 is 0 Å². The van der Waals surface area contributed by atoms with Crippen LogP contribution in [0.4, 0.5) is 0 Å². The molecule has 0 unspecified atom stereocenters. The third kappa shape index (κ3) is 2.31. The fraction of sp³-hybridized carbons (Fsp3) is 1.00. The van der Waals surface area contributed by atoms with Crippen molar-refractivity contribution < 1.29 is 0 Å². The average molecular weight is 178 g/mol. The molecule has 0 radical (unpaired) electrons. The van der Waals surface area contributed by atoms with Crippen molar-refractivity contribution in [2.45, 2.75) is 37.8 Å². The summed E-state index contributed by atoms with van der Waals surface area (Å²) < 4.78 is 0. The van der Waals surface area contributed by atoms with Gasteiger partial charge in [-0.3, -0.25) is 11.0 Å². The molecule has 4 heteroatoms. The molecule has 1 aliphatic carbocycles. The summed E-state index contributed by atoms with van der Waals surface area (Å²) >= 11 is 5.07. The van der Waals surface area contributed by atoms with E-state index in [1.807, 2.05) is 0 Å². The Balaban J connectivity index is 2.47. The maximum atomic E-state index is 5.71. The van der Waals surface area contributed by atoms with Crippen molar-refractivity contribution in [1.82, 2.24) is 0 Å². The summed E-state index contributed by atoms with van der Waals surface area (Å²) in [6.07, 6.45) is 4.32. The second-order valence-corrected chi connectivity index (χ2v) is 7.21. The molecular formula is C6H15N2PS. The van der Waals surface area contributed by atoms with E-state index in [1.54, 1.807) is 0 Å². The molecule has 0 aromatic heterocycles. The quantitative estimate of drug-likeness (QED) is 0.599. The van der Waals surface area contributed by atoms with E-state index in [1.165, 1.54) is 32.1 Å². The molecule has 0 aromatic carbocycles. The summed E-state index contributed by atoms with van der Waals surface area (Å²) in [5.74, 6) is 0. The molecule has 1 aliphatic rings. The van der Waals surface area contributed by atoms with Crippen molar-refractivity contribution >= 4 is 18.1 Å². The van der Waals surface area contributed by atoms with Crippen LogP contribution in [0.2, 0.25) is 0 Å². The molecule has 0 heterocycles. The van der Waals surface area contributed by atoms with Gasteiger partial charge in [0.2, 0.25) is 0 Å². The topological polar surface area (TPSA) is 52.0 Å². The van der Waals surface area contributed by atoms with E-state index < -0.39 is 6.34 Å². The number of rotatable bonds is 1. The van der Waals surface area contributed by atoms with Gasteiger partial charge < -0.3 is 0 Å². The molecule has 60 valence electrons. The van der Waals surface area contributed by atoms with Gasteiger partial charge in [-0.2, -0.15) is 0 Å². The first-order valence-electron chi connectivity index (χ1n) is 3.77. The minimum Gasteiger partial charge on any atom is -0.291 e. The van der Waals surface area contributed by atoms with Gasteiger partial charge in [0, 0.05) is 5.66 Å². The van der Waals surface area contributed by atoms with Crippen molar-refractivity contribution in [3.05, 3.63) is 0 Å². The van der Waals surface area contributed by atoms with E-state index in [9.17, 15) is 0 Å². The fourth-order valence-corrected chi connectivity index (χ4v) is 3.29. The first kappa shape index (κ1) is 8.66. The maximum Gasteiger partial charge on any atom is 0.0701 e. The number of hydrogen-bond acceptors (Lipinski definition) is 1. The summed E-state index contributed by atoms with van der Waals surface area (Å²) in [5.41, 5.74) is 11.9. The van der Waals surface area contributed by atoms with Crippen LogP contribution in [0.1, 0.15) is 32.1 Å². The summed E-state index contributed by atoms with van der Waals surface area (Å²) in [7, 11) is 0. The van der Waals surface area contributed by atoms with Gasteiger partial charge >= 0.3 is 0 Å². The van der Waals surface area contributed by atoms with Gasteiger partial charge in [0.1, 0.15) is 0 Å². The summed E-state index contributed by atoms with van der Waals surface area (Å²) in [4.78, 5) is 0. The molecule has 4 N–H and O–H groups in total. The molecule has 0 aliphatic heterocycles. The monoisotopic (exact) mass is 178 g/mol. The van der Waals surface area contributed by atoms with E-state index in [2.05, 4.69) is 0 Å². The molecule has 0 bridgehead atoms. The summed E-state index contributed by atoms with van der Waals surface area (Å²) in [6, 6.07) is 0. The Bertz CT molecular complexity index is 148. The highest BCUT2D eigenvalue weighted by molar-refractivity contribution is 8.12. The van der Waals surface area contributed by atoms with Gasteiger partial charge in [-0.1, -0.05) is 31.1 Å². The molecule has 0 aromatic rings. The Labute approximate surface area is 67.5 Å². The van der Waals surface area contributed by atoms with Crippen LogP contribution in [-0.2, 0) is 11.8 Å². The van der Waals surface area contributed by atoms with Gasteiger partial charge in [-0.05, 0) is 12.8 Å². The smallest absolute Gasteiger partial charge is 0.0701 e. The highest BCUT2D eigenvalue weighted by Gasteiger charge is 2.22. The molecule has 0 spiro atoms. The highest BCUT2D eigenvalue weighted by atomic mass is 32.4. The SMILES string of the molecule is NP(N)(=S)C1CCCCC1. The van der Waals surface area contributed by atoms with Crippen molar-refractivity contribution in [3.8, 4) is 0 Å². The predicted octanol–water partition coefficient (Wildman–Crippen LogP) is 1.55. The largest absolute Gasteiger partial charge is 0.291 e. The fourth-order valence-electron chi connectivity index (χ4n) is 1.48. The molecule has 0 saturated heterocycles. The zero-order chi connectivity index (χ0) is 7.61. The van der Waals surface area contributed by atoms with Crippen LogP contribution < -0.4 is 11.0 Å². The van der Waals surface area contributed by atoms with Crippen LogP contribution in [-0.4, -0.2) is 5.66 Å². The Kier molecular flexibility index (Phi) is 2.87. The van der Waals surface area contributed by atoms with Crippen molar-refractivity contribution in [2.75, 3.05) is 0 Å². The third-order valence-electron chi connectivity index (χ3n) is 2.15. The number of nitrogens with two attached hydrogens (primary N) is 2. The first-order chi connectivity index (χ1) is 4.61. The van der Waals surface area contributed by atoms with Crippen molar-refractivity contribution in [2.24, 2.45) is 11.0 Å². The molecule has 1 fully saturated rings. The lowest BCUT2D eigenvalue weighted by atomic mass is 10.0. The molecular weight excluding hydrogens is 163 g/mol. The van der Waals surface area contributed by atoms with Crippen LogP contribution in [0, 0.1) is 0 Å². The van der Waals surface area contributed by atoms with Crippen molar-refractivity contribution in [3.63, 3.8) is 0 Å². The molecule has 0 amide bonds.